The van der Waals surface area contributed by atoms with Crippen molar-refractivity contribution in [3.8, 4) is 0 Å². The van der Waals surface area contributed by atoms with E-state index in [1.165, 1.54) is 173 Å². The topological polar surface area (TPSA) is 78.9 Å². The van der Waals surface area contributed by atoms with Gasteiger partial charge in [-0.2, -0.15) is 0 Å². The molecule has 6 nitrogen and oxygen atoms in total. The minimum atomic E-state index is -0.763. The van der Waals surface area contributed by atoms with Crippen LogP contribution in [-0.2, 0) is 28.6 Å². The number of esters is 3. The monoisotopic (exact) mass is 849 g/mol. The van der Waals surface area contributed by atoms with E-state index in [1.54, 1.807) is 0 Å². The van der Waals surface area contributed by atoms with Crippen molar-refractivity contribution in [3.63, 3.8) is 0 Å². The van der Waals surface area contributed by atoms with E-state index in [1.807, 2.05) is 0 Å². The summed E-state index contributed by atoms with van der Waals surface area (Å²) in [6, 6.07) is 0. The molecule has 0 aromatic rings. The van der Waals surface area contributed by atoms with Crippen molar-refractivity contribution in [3.05, 3.63) is 0 Å². The van der Waals surface area contributed by atoms with Crippen molar-refractivity contribution in [2.45, 2.75) is 298 Å². The zero-order valence-corrected chi connectivity index (χ0v) is 41.3. The number of unbranched alkanes of at least 4 members (excludes halogenated alkanes) is 29. The number of ether oxygens (including phenoxy) is 3. The summed E-state index contributed by atoms with van der Waals surface area (Å²) in [5.74, 6) is 1.63. The first-order valence-electron chi connectivity index (χ1n) is 26.6. The number of hydrogen-bond acceptors (Lipinski definition) is 6. The fourth-order valence-corrected chi connectivity index (χ4v) is 8.08. The predicted molar refractivity (Wildman–Crippen MR) is 256 cm³/mol. The highest BCUT2D eigenvalue weighted by Crippen LogP contribution is 2.18. The fourth-order valence-electron chi connectivity index (χ4n) is 8.08. The zero-order chi connectivity index (χ0) is 44.2. The van der Waals surface area contributed by atoms with Gasteiger partial charge in [0, 0.05) is 19.3 Å². The summed E-state index contributed by atoms with van der Waals surface area (Å²) in [7, 11) is 0. The summed E-state index contributed by atoms with van der Waals surface area (Å²) < 4.78 is 16.8. The third-order valence-corrected chi connectivity index (χ3v) is 12.5. The Hall–Kier alpha value is -1.59. The second-order valence-electron chi connectivity index (χ2n) is 19.7. The Morgan fingerprint density at radius 2 is 0.583 bits per heavy atom. The molecule has 356 valence electrons. The van der Waals surface area contributed by atoms with Gasteiger partial charge in [0.05, 0.1) is 0 Å². The molecule has 0 heterocycles. The van der Waals surface area contributed by atoms with E-state index in [9.17, 15) is 14.4 Å². The maximum absolute atomic E-state index is 12.8. The SMILES string of the molecule is CCC(C)CCCCCCCCCCCCC(=O)OC[C@@H](COC(=O)CCCCCCCCC(C)C)OC(=O)CCCCCCCCCCCCCCCCCCC(C)C. The van der Waals surface area contributed by atoms with Crippen LogP contribution in [0, 0.1) is 17.8 Å². The molecule has 1 unspecified atom stereocenters. The number of hydrogen-bond donors (Lipinski definition) is 0. The van der Waals surface area contributed by atoms with Crippen LogP contribution in [0.4, 0.5) is 0 Å². The van der Waals surface area contributed by atoms with E-state index in [0.717, 1.165) is 75.5 Å². The van der Waals surface area contributed by atoms with Crippen LogP contribution >= 0.6 is 0 Å². The van der Waals surface area contributed by atoms with Gasteiger partial charge in [0.25, 0.3) is 0 Å². The van der Waals surface area contributed by atoms with Crippen molar-refractivity contribution in [1.29, 1.82) is 0 Å². The van der Waals surface area contributed by atoms with Gasteiger partial charge in [0.1, 0.15) is 13.2 Å². The lowest BCUT2D eigenvalue weighted by molar-refractivity contribution is -0.167. The molecule has 0 radical (unpaired) electrons. The Kier molecular flexibility index (Phi) is 44.2. The Labute approximate surface area is 374 Å². The van der Waals surface area contributed by atoms with Crippen molar-refractivity contribution in [1.82, 2.24) is 0 Å². The third kappa shape index (κ3) is 45.9. The molecule has 0 rings (SSSR count). The summed E-state index contributed by atoms with van der Waals surface area (Å²) in [6.45, 7) is 13.7. The van der Waals surface area contributed by atoms with Gasteiger partial charge in [-0.15, -0.1) is 0 Å². The first-order chi connectivity index (χ1) is 29.1. The van der Waals surface area contributed by atoms with Gasteiger partial charge in [0.2, 0.25) is 0 Å². The molecule has 0 fully saturated rings. The van der Waals surface area contributed by atoms with Gasteiger partial charge < -0.3 is 14.2 Å². The van der Waals surface area contributed by atoms with Gasteiger partial charge in [0.15, 0.2) is 6.10 Å². The van der Waals surface area contributed by atoms with E-state index >= 15 is 0 Å². The molecule has 6 heteroatoms. The fraction of sp³-hybridized carbons (Fsp3) is 0.944. The van der Waals surface area contributed by atoms with Crippen LogP contribution in [0.3, 0.4) is 0 Å². The van der Waals surface area contributed by atoms with E-state index in [2.05, 4.69) is 41.5 Å². The zero-order valence-electron chi connectivity index (χ0n) is 41.3. The van der Waals surface area contributed by atoms with Crippen molar-refractivity contribution in [2.75, 3.05) is 13.2 Å². The molecule has 0 aromatic carbocycles. The molecule has 60 heavy (non-hydrogen) atoms. The third-order valence-electron chi connectivity index (χ3n) is 12.5. The standard InChI is InChI=1S/C54H104O6/c1-7-50(6)42-36-30-23-19-16-17-20-24-31-37-43-52(55)58-46-51(47-59-53(56)44-38-32-27-26-29-35-41-49(4)5)60-54(57)45-39-33-25-21-15-13-11-9-8-10-12-14-18-22-28-34-40-48(2)3/h48-51H,7-47H2,1-6H3/t50?,51-/m0/s1. The summed E-state index contributed by atoms with van der Waals surface area (Å²) in [5, 5.41) is 0. The van der Waals surface area contributed by atoms with E-state index in [0.29, 0.717) is 19.3 Å². The van der Waals surface area contributed by atoms with Crippen molar-refractivity contribution in [2.24, 2.45) is 17.8 Å². The molecule has 0 amide bonds. The van der Waals surface area contributed by atoms with Crippen molar-refractivity contribution >= 4 is 17.9 Å². The van der Waals surface area contributed by atoms with Gasteiger partial charge in [-0.05, 0) is 37.0 Å². The van der Waals surface area contributed by atoms with E-state index in [4.69, 9.17) is 14.2 Å². The number of carbonyl (C=O) groups excluding carboxylic acids is 3. The highest BCUT2D eigenvalue weighted by Gasteiger charge is 2.19. The van der Waals surface area contributed by atoms with Crippen LogP contribution in [0.1, 0.15) is 292 Å². The largest absolute Gasteiger partial charge is 0.462 e. The van der Waals surface area contributed by atoms with Gasteiger partial charge in [-0.25, -0.2) is 0 Å². The predicted octanol–water partition coefficient (Wildman–Crippen LogP) is 17.2. The molecule has 0 spiro atoms. The molecule has 0 aliphatic heterocycles. The maximum Gasteiger partial charge on any atom is 0.306 e. The lowest BCUT2D eigenvalue weighted by Gasteiger charge is -2.18. The summed E-state index contributed by atoms with van der Waals surface area (Å²) in [4.78, 5) is 37.9. The van der Waals surface area contributed by atoms with Crippen molar-refractivity contribution < 1.29 is 28.6 Å². The van der Waals surface area contributed by atoms with E-state index < -0.39 is 6.10 Å². The molecule has 2 atom stereocenters. The molecule has 0 saturated heterocycles. The van der Waals surface area contributed by atoms with Gasteiger partial charge in [-0.3, -0.25) is 14.4 Å². The minimum Gasteiger partial charge on any atom is -0.462 e. The highest BCUT2D eigenvalue weighted by atomic mass is 16.6. The molecule has 0 aromatic heterocycles. The van der Waals surface area contributed by atoms with E-state index in [-0.39, 0.29) is 31.1 Å². The average molecular weight is 849 g/mol. The quantitative estimate of drug-likeness (QED) is 0.0345. The van der Waals surface area contributed by atoms with Crippen LogP contribution in [0.2, 0.25) is 0 Å². The Morgan fingerprint density at radius 3 is 0.867 bits per heavy atom. The molecule has 0 N–H and O–H groups in total. The number of rotatable bonds is 47. The normalized spacial score (nSPS) is 12.6. The first-order valence-corrected chi connectivity index (χ1v) is 26.6. The minimum absolute atomic E-state index is 0.0653. The first kappa shape index (κ1) is 58.4. The van der Waals surface area contributed by atoms with Gasteiger partial charge >= 0.3 is 17.9 Å². The molecule has 0 bridgehead atoms. The van der Waals surface area contributed by atoms with Gasteiger partial charge in [-0.1, -0.05) is 253 Å². The molecular weight excluding hydrogens is 745 g/mol. The molecule has 0 aliphatic rings. The Balaban J connectivity index is 4.25. The van der Waals surface area contributed by atoms with Crippen LogP contribution in [0.25, 0.3) is 0 Å². The molecular formula is C54H104O6. The summed E-state index contributed by atoms with van der Waals surface area (Å²) >= 11 is 0. The van der Waals surface area contributed by atoms with Crippen LogP contribution < -0.4 is 0 Å². The van der Waals surface area contributed by atoms with Crippen LogP contribution in [-0.4, -0.2) is 37.2 Å². The molecule has 0 saturated carbocycles. The average Bonchev–Trinajstić information content (AvgIpc) is 3.22. The molecule has 0 aliphatic carbocycles. The second-order valence-corrected chi connectivity index (χ2v) is 19.7. The lowest BCUT2D eigenvalue weighted by Crippen LogP contribution is -2.30. The smallest absolute Gasteiger partial charge is 0.306 e. The number of carbonyl (C=O) groups is 3. The van der Waals surface area contributed by atoms with Crippen LogP contribution in [0.15, 0.2) is 0 Å². The summed E-state index contributed by atoms with van der Waals surface area (Å²) in [6.07, 6.45) is 45.3. The van der Waals surface area contributed by atoms with Crippen LogP contribution in [0.5, 0.6) is 0 Å². The summed E-state index contributed by atoms with van der Waals surface area (Å²) in [5.41, 5.74) is 0. The second kappa shape index (κ2) is 45.4. The Morgan fingerprint density at radius 1 is 0.333 bits per heavy atom. The lowest BCUT2D eigenvalue weighted by atomic mass is 9.99. The highest BCUT2D eigenvalue weighted by molar-refractivity contribution is 5.71. The maximum atomic E-state index is 12.8. The Bertz CT molecular complexity index is 931.